The summed E-state index contributed by atoms with van der Waals surface area (Å²) in [5, 5.41) is 9.39. The number of pyridine rings is 1. The maximum Gasteiger partial charge on any atom is 0.266 e. The van der Waals surface area contributed by atoms with E-state index in [9.17, 15) is 9.18 Å². The Bertz CT molecular complexity index is 1130. The topological polar surface area (TPSA) is 59.8 Å². The zero-order valence-corrected chi connectivity index (χ0v) is 16.8. The van der Waals surface area contributed by atoms with Crippen molar-refractivity contribution in [1.29, 1.82) is 0 Å². The van der Waals surface area contributed by atoms with E-state index in [1.165, 1.54) is 23.5 Å². The van der Waals surface area contributed by atoms with E-state index in [0.717, 1.165) is 22.4 Å². The largest absolute Gasteiger partial charge is 0.306 e. The van der Waals surface area contributed by atoms with Gasteiger partial charge < -0.3 is 5.32 Å². The Morgan fingerprint density at radius 1 is 1.14 bits per heavy atom. The molecule has 0 saturated carbocycles. The third-order valence-electron chi connectivity index (χ3n) is 4.44. The predicted molar refractivity (Wildman–Crippen MR) is 114 cm³/mol. The molecular weight excluding hydrogens is 387 g/mol. The molecule has 0 aliphatic heterocycles. The molecule has 0 spiro atoms. The SMILES string of the molecule is CC(C)n1cc(-c2ccnc(NC(=O)c3cccs3)c2)c(-c2ccc(F)cc2)n1. The average molecular weight is 406 g/mol. The Hall–Kier alpha value is -3.32. The molecule has 1 aromatic carbocycles. The number of rotatable bonds is 5. The molecule has 3 aromatic heterocycles. The molecule has 29 heavy (non-hydrogen) atoms. The van der Waals surface area contributed by atoms with Crippen molar-refractivity contribution in [2.45, 2.75) is 19.9 Å². The van der Waals surface area contributed by atoms with Gasteiger partial charge in [-0.05, 0) is 67.3 Å². The van der Waals surface area contributed by atoms with E-state index < -0.39 is 0 Å². The van der Waals surface area contributed by atoms with E-state index in [4.69, 9.17) is 5.10 Å². The molecule has 0 unspecified atom stereocenters. The Labute approximate surface area is 171 Å². The normalized spacial score (nSPS) is 11.0. The summed E-state index contributed by atoms with van der Waals surface area (Å²) < 4.78 is 15.3. The third-order valence-corrected chi connectivity index (χ3v) is 5.30. The summed E-state index contributed by atoms with van der Waals surface area (Å²) in [5.41, 5.74) is 3.33. The summed E-state index contributed by atoms with van der Waals surface area (Å²) in [4.78, 5) is 17.2. The van der Waals surface area contributed by atoms with Gasteiger partial charge in [0.1, 0.15) is 17.3 Å². The van der Waals surface area contributed by atoms with Gasteiger partial charge in [0.2, 0.25) is 0 Å². The first-order chi connectivity index (χ1) is 14.0. The number of nitrogens with zero attached hydrogens (tertiary/aromatic N) is 3. The van der Waals surface area contributed by atoms with E-state index in [2.05, 4.69) is 10.3 Å². The van der Waals surface area contributed by atoms with Crippen molar-refractivity contribution in [2.24, 2.45) is 0 Å². The molecule has 4 aromatic rings. The molecule has 0 saturated heterocycles. The molecule has 146 valence electrons. The van der Waals surface area contributed by atoms with E-state index in [1.807, 2.05) is 48.3 Å². The molecule has 3 heterocycles. The monoisotopic (exact) mass is 406 g/mol. The predicted octanol–water partition coefficient (Wildman–Crippen LogP) is 5.65. The van der Waals surface area contributed by atoms with Gasteiger partial charge in [0, 0.05) is 29.6 Å². The zero-order valence-electron chi connectivity index (χ0n) is 16.0. The van der Waals surface area contributed by atoms with Crippen LogP contribution in [-0.4, -0.2) is 20.7 Å². The number of carbonyl (C=O) groups excluding carboxylic acids is 1. The molecule has 0 bridgehead atoms. The van der Waals surface area contributed by atoms with E-state index in [1.54, 1.807) is 24.4 Å². The van der Waals surface area contributed by atoms with Gasteiger partial charge in [-0.1, -0.05) is 6.07 Å². The smallest absolute Gasteiger partial charge is 0.266 e. The summed E-state index contributed by atoms with van der Waals surface area (Å²) in [5.74, 6) is -0.0226. The first kappa shape index (κ1) is 19.0. The lowest BCUT2D eigenvalue weighted by atomic mass is 10.0. The molecule has 0 radical (unpaired) electrons. The summed E-state index contributed by atoms with van der Waals surface area (Å²) in [7, 11) is 0. The van der Waals surface area contributed by atoms with Crippen LogP contribution < -0.4 is 5.32 Å². The molecule has 0 aliphatic rings. The number of aromatic nitrogens is 3. The fraction of sp³-hybridized carbons (Fsp3) is 0.136. The number of benzene rings is 1. The van der Waals surface area contributed by atoms with Gasteiger partial charge in [0.15, 0.2) is 0 Å². The maximum absolute atomic E-state index is 13.4. The van der Waals surface area contributed by atoms with Gasteiger partial charge >= 0.3 is 0 Å². The van der Waals surface area contributed by atoms with Crippen molar-refractivity contribution in [1.82, 2.24) is 14.8 Å². The van der Waals surface area contributed by atoms with Crippen molar-refractivity contribution < 1.29 is 9.18 Å². The highest BCUT2D eigenvalue weighted by atomic mass is 32.1. The third kappa shape index (κ3) is 4.09. The molecule has 0 fully saturated rings. The number of hydrogen-bond donors (Lipinski definition) is 1. The number of thiophene rings is 1. The van der Waals surface area contributed by atoms with Crippen molar-refractivity contribution >= 4 is 23.1 Å². The van der Waals surface area contributed by atoms with E-state index >= 15 is 0 Å². The van der Waals surface area contributed by atoms with Gasteiger partial charge in [-0.15, -0.1) is 11.3 Å². The molecule has 5 nitrogen and oxygen atoms in total. The summed E-state index contributed by atoms with van der Waals surface area (Å²) >= 11 is 1.37. The van der Waals surface area contributed by atoms with Crippen LogP contribution in [-0.2, 0) is 0 Å². The number of hydrogen-bond acceptors (Lipinski definition) is 4. The minimum Gasteiger partial charge on any atom is -0.306 e. The van der Waals surface area contributed by atoms with Crippen LogP contribution in [0.15, 0.2) is 66.3 Å². The minimum absolute atomic E-state index is 0.169. The van der Waals surface area contributed by atoms with Crippen LogP contribution in [0.4, 0.5) is 10.2 Å². The average Bonchev–Trinajstić information content (AvgIpc) is 3.39. The number of nitrogens with one attached hydrogen (secondary N) is 1. The first-order valence-electron chi connectivity index (χ1n) is 9.17. The van der Waals surface area contributed by atoms with Gasteiger partial charge in [-0.2, -0.15) is 5.10 Å². The molecule has 1 amide bonds. The fourth-order valence-corrected chi connectivity index (χ4v) is 3.56. The summed E-state index contributed by atoms with van der Waals surface area (Å²) in [6.45, 7) is 4.09. The van der Waals surface area contributed by atoms with Crippen LogP contribution in [0.25, 0.3) is 22.4 Å². The second-order valence-electron chi connectivity index (χ2n) is 6.83. The van der Waals surface area contributed by atoms with Crippen LogP contribution in [0, 0.1) is 5.82 Å². The van der Waals surface area contributed by atoms with Crippen molar-refractivity contribution in [3.05, 3.63) is 77.0 Å². The highest BCUT2D eigenvalue weighted by Gasteiger charge is 2.16. The number of halogens is 1. The van der Waals surface area contributed by atoms with Crippen molar-refractivity contribution in [2.75, 3.05) is 5.32 Å². The molecular formula is C22H19FN4OS. The number of carbonyl (C=O) groups is 1. The minimum atomic E-state index is -0.291. The Balaban J connectivity index is 1.72. The molecule has 7 heteroatoms. The fourth-order valence-electron chi connectivity index (χ4n) is 2.94. The molecule has 0 aliphatic carbocycles. The van der Waals surface area contributed by atoms with Crippen molar-refractivity contribution in [3.63, 3.8) is 0 Å². The van der Waals surface area contributed by atoms with Gasteiger partial charge in [0.05, 0.1) is 4.88 Å². The van der Waals surface area contributed by atoms with Gasteiger partial charge in [-0.25, -0.2) is 9.37 Å². The second-order valence-corrected chi connectivity index (χ2v) is 7.78. The van der Waals surface area contributed by atoms with Crippen LogP contribution >= 0.6 is 11.3 Å². The molecule has 1 N–H and O–H groups in total. The van der Waals surface area contributed by atoms with E-state index in [-0.39, 0.29) is 17.8 Å². The number of amides is 1. The van der Waals surface area contributed by atoms with Gasteiger partial charge in [-0.3, -0.25) is 9.48 Å². The van der Waals surface area contributed by atoms with Crippen molar-refractivity contribution in [3.8, 4) is 22.4 Å². The van der Waals surface area contributed by atoms with Crippen LogP contribution in [0.3, 0.4) is 0 Å². The maximum atomic E-state index is 13.4. The lowest BCUT2D eigenvalue weighted by Gasteiger charge is -2.06. The lowest BCUT2D eigenvalue weighted by molar-refractivity contribution is 0.103. The first-order valence-corrected chi connectivity index (χ1v) is 10.1. The Morgan fingerprint density at radius 3 is 2.62 bits per heavy atom. The lowest BCUT2D eigenvalue weighted by Crippen LogP contribution is -2.11. The van der Waals surface area contributed by atoms with E-state index in [0.29, 0.717) is 10.7 Å². The molecule has 4 rings (SSSR count). The second kappa shape index (κ2) is 7.97. The quantitative estimate of drug-likeness (QED) is 0.466. The highest BCUT2D eigenvalue weighted by molar-refractivity contribution is 7.12. The van der Waals surface area contributed by atoms with Crippen LogP contribution in [0.2, 0.25) is 0 Å². The highest BCUT2D eigenvalue weighted by Crippen LogP contribution is 2.33. The standard InChI is InChI=1S/C22H19FN4OS/c1-14(2)27-13-18(21(26-27)15-5-7-17(23)8-6-15)16-9-10-24-20(12-16)25-22(28)19-4-3-11-29-19/h3-14H,1-2H3,(H,24,25,28). The van der Waals surface area contributed by atoms with Crippen LogP contribution in [0.1, 0.15) is 29.6 Å². The zero-order chi connectivity index (χ0) is 20.4. The summed E-state index contributed by atoms with van der Waals surface area (Å²) in [6, 6.07) is 13.7. The summed E-state index contributed by atoms with van der Waals surface area (Å²) in [6.07, 6.45) is 3.62. The van der Waals surface area contributed by atoms with Crippen LogP contribution in [0.5, 0.6) is 0 Å². The van der Waals surface area contributed by atoms with Gasteiger partial charge in [0.25, 0.3) is 5.91 Å². The Kier molecular flexibility index (Phi) is 5.22. The number of anilines is 1. The Morgan fingerprint density at radius 2 is 1.93 bits per heavy atom. The molecule has 0 atom stereocenters.